The van der Waals surface area contributed by atoms with E-state index in [1.165, 1.54) is 0 Å². The van der Waals surface area contributed by atoms with E-state index in [2.05, 4.69) is 20.5 Å². The predicted octanol–water partition coefficient (Wildman–Crippen LogP) is 3.95. The highest BCUT2D eigenvalue weighted by Crippen LogP contribution is 2.24. The van der Waals surface area contributed by atoms with Crippen LogP contribution in [0, 0.1) is 0 Å². The third-order valence-electron chi connectivity index (χ3n) is 4.31. The van der Waals surface area contributed by atoms with E-state index in [4.69, 9.17) is 9.15 Å². The van der Waals surface area contributed by atoms with E-state index in [-0.39, 0.29) is 6.04 Å². The van der Waals surface area contributed by atoms with Crippen molar-refractivity contribution in [1.29, 1.82) is 0 Å². The number of hydrogen-bond acceptors (Lipinski definition) is 5. The molecule has 6 nitrogen and oxygen atoms in total. The van der Waals surface area contributed by atoms with E-state index in [0.717, 1.165) is 22.6 Å². The first-order chi connectivity index (χ1) is 13.3. The smallest absolute Gasteiger partial charge is 0.247 e. The van der Waals surface area contributed by atoms with Crippen LogP contribution in [0.25, 0.3) is 11.5 Å². The minimum atomic E-state index is -0.230. The van der Waals surface area contributed by atoms with Gasteiger partial charge in [0.05, 0.1) is 7.11 Å². The molecule has 0 aliphatic carbocycles. The SMILES string of the molecule is COc1ccc(CNC(c2ccc[nH]2)c2nnc(-c3ccccc3)o2)cc1. The van der Waals surface area contributed by atoms with E-state index in [0.29, 0.717) is 18.3 Å². The molecule has 0 aliphatic heterocycles. The van der Waals surface area contributed by atoms with Crippen LogP contribution in [0.1, 0.15) is 23.2 Å². The van der Waals surface area contributed by atoms with Gasteiger partial charge < -0.3 is 14.1 Å². The highest BCUT2D eigenvalue weighted by molar-refractivity contribution is 5.51. The Hall–Kier alpha value is -3.38. The normalized spacial score (nSPS) is 12.0. The standard InChI is InChI=1S/C21H20N4O2/c1-26-17-11-9-15(10-12-17)14-23-19(18-8-5-13-22-18)21-25-24-20(27-21)16-6-3-2-4-7-16/h2-13,19,22-23H,14H2,1H3. The van der Waals surface area contributed by atoms with Crippen molar-refractivity contribution in [2.75, 3.05) is 7.11 Å². The molecular weight excluding hydrogens is 340 g/mol. The summed E-state index contributed by atoms with van der Waals surface area (Å²) in [7, 11) is 1.66. The quantitative estimate of drug-likeness (QED) is 0.522. The van der Waals surface area contributed by atoms with Crippen molar-refractivity contribution in [1.82, 2.24) is 20.5 Å². The number of nitrogens with zero attached hydrogens (tertiary/aromatic N) is 2. The van der Waals surface area contributed by atoms with Crippen LogP contribution in [0.4, 0.5) is 0 Å². The summed E-state index contributed by atoms with van der Waals surface area (Å²) in [4.78, 5) is 3.23. The Balaban J connectivity index is 1.55. The Labute approximate surface area is 157 Å². The molecule has 0 radical (unpaired) electrons. The summed E-state index contributed by atoms with van der Waals surface area (Å²) >= 11 is 0. The second-order valence-electron chi connectivity index (χ2n) is 6.10. The molecule has 0 saturated heterocycles. The molecule has 4 aromatic rings. The number of methoxy groups -OCH3 is 1. The molecular formula is C21H20N4O2. The van der Waals surface area contributed by atoms with Crippen LogP contribution in [0.3, 0.4) is 0 Å². The van der Waals surface area contributed by atoms with Crippen molar-refractivity contribution in [2.24, 2.45) is 0 Å². The molecule has 2 aromatic heterocycles. The van der Waals surface area contributed by atoms with Crippen molar-refractivity contribution < 1.29 is 9.15 Å². The van der Waals surface area contributed by atoms with Gasteiger partial charge in [0.2, 0.25) is 11.8 Å². The number of rotatable bonds is 7. The van der Waals surface area contributed by atoms with E-state index in [1.54, 1.807) is 7.11 Å². The number of aromatic amines is 1. The second-order valence-corrected chi connectivity index (χ2v) is 6.10. The van der Waals surface area contributed by atoms with E-state index < -0.39 is 0 Å². The van der Waals surface area contributed by atoms with Gasteiger partial charge in [0, 0.05) is 24.0 Å². The van der Waals surface area contributed by atoms with Gasteiger partial charge in [-0.15, -0.1) is 10.2 Å². The van der Waals surface area contributed by atoms with Gasteiger partial charge in [-0.3, -0.25) is 5.32 Å². The molecule has 1 unspecified atom stereocenters. The minimum absolute atomic E-state index is 0.230. The molecule has 2 N–H and O–H groups in total. The topological polar surface area (TPSA) is 76.0 Å². The fourth-order valence-electron chi connectivity index (χ4n) is 2.87. The molecule has 0 spiro atoms. The summed E-state index contributed by atoms with van der Waals surface area (Å²) in [6, 6.07) is 21.4. The lowest BCUT2D eigenvalue weighted by molar-refractivity contribution is 0.414. The van der Waals surface area contributed by atoms with Crippen LogP contribution in [0.5, 0.6) is 5.75 Å². The highest BCUT2D eigenvalue weighted by atomic mass is 16.5. The van der Waals surface area contributed by atoms with Crippen LogP contribution in [-0.4, -0.2) is 22.3 Å². The van der Waals surface area contributed by atoms with Crippen LogP contribution in [-0.2, 0) is 6.54 Å². The molecule has 0 bridgehead atoms. The van der Waals surface area contributed by atoms with E-state index in [9.17, 15) is 0 Å². The first kappa shape index (κ1) is 17.1. The maximum atomic E-state index is 5.96. The van der Waals surface area contributed by atoms with Crippen molar-refractivity contribution in [3.05, 3.63) is 90.1 Å². The zero-order valence-corrected chi connectivity index (χ0v) is 14.9. The lowest BCUT2D eigenvalue weighted by atomic mass is 10.1. The first-order valence-electron chi connectivity index (χ1n) is 8.72. The predicted molar refractivity (Wildman–Crippen MR) is 102 cm³/mol. The molecule has 6 heteroatoms. The number of hydrogen-bond donors (Lipinski definition) is 2. The van der Waals surface area contributed by atoms with Gasteiger partial charge in [-0.25, -0.2) is 0 Å². The fraction of sp³-hybridized carbons (Fsp3) is 0.143. The van der Waals surface area contributed by atoms with E-state index in [1.807, 2.05) is 72.9 Å². The average molecular weight is 360 g/mol. The Morgan fingerprint density at radius 3 is 2.52 bits per heavy atom. The van der Waals surface area contributed by atoms with Crippen molar-refractivity contribution in [3.63, 3.8) is 0 Å². The molecule has 0 amide bonds. The molecule has 0 fully saturated rings. The zero-order chi connectivity index (χ0) is 18.5. The van der Waals surface area contributed by atoms with Gasteiger partial charge in [0.15, 0.2) is 0 Å². The van der Waals surface area contributed by atoms with Crippen molar-refractivity contribution in [3.8, 4) is 17.2 Å². The number of H-pyrrole nitrogens is 1. The van der Waals surface area contributed by atoms with Crippen LogP contribution in [0.2, 0.25) is 0 Å². The van der Waals surface area contributed by atoms with E-state index >= 15 is 0 Å². The lowest BCUT2D eigenvalue weighted by Crippen LogP contribution is -2.22. The maximum absolute atomic E-state index is 5.96. The number of nitrogens with one attached hydrogen (secondary N) is 2. The van der Waals surface area contributed by atoms with Gasteiger partial charge >= 0.3 is 0 Å². The van der Waals surface area contributed by atoms with Gasteiger partial charge in [-0.05, 0) is 42.0 Å². The summed E-state index contributed by atoms with van der Waals surface area (Å²) in [6.07, 6.45) is 1.88. The summed E-state index contributed by atoms with van der Waals surface area (Å²) in [5.41, 5.74) is 3.00. The third kappa shape index (κ3) is 3.91. The monoisotopic (exact) mass is 360 g/mol. The zero-order valence-electron chi connectivity index (χ0n) is 14.9. The van der Waals surface area contributed by atoms with Gasteiger partial charge in [0.1, 0.15) is 11.8 Å². The molecule has 0 saturated carbocycles. The van der Waals surface area contributed by atoms with Gasteiger partial charge in [-0.1, -0.05) is 30.3 Å². The summed E-state index contributed by atoms with van der Waals surface area (Å²) in [6.45, 7) is 0.650. The average Bonchev–Trinajstić information content (AvgIpc) is 3.42. The second kappa shape index (κ2) is 7.88. The van der Waals surface area contributed by atoms with Crippen LogP contribution in [0.15, 0.2) is 77.3 Å². The third-order valence-corrected chi connectivity index (χ3v) is 4.31. The highest BCUT2D eigenvalue weighted by Gasteiger charge is 2.21. The minimum Gasteiger partial charge on any atom is -0.497 e. The fourth-order valence-corrected chi connectivity index (χ4v) is 2.87. The largest absolute Gasteiger partial charge is 0.497 e. The van der Waals surface area contributed by atoms with Crippen LogP contribution >= 0.6 is 0 Å². The van der Waals surface area contributed by atoms with Crippen molar-refractivity contribution in [2.45, 2.75) is 12.6 Å². The molecule has 2 aromatic carbocycles. The Morgan fingerprint density at radius 1 is 1.00 bits per heavy atom. The summed E-state index contributed by atoms with van der Waals surface area (Å²) < 4.78 is 11.2. The first-order valence-corrected chi connectivity index (χ1v) is 8.72. The Kier molecular flexibility index (Phi) is 4.98. The Morgan fingerprint density at radius 2 is 1.81 bits per heavy atom. The molecule has 27 heavy (non-hydrogen) atoms. The van der Waals surface area contributed by atoms with Crippen LogP contribution < -0.4 is 10.1 Å². The summed E-state index contributed by atoms with van der Waals surface area (Å²) in [5.74, 6) is 1.86. The molecule has 0 aliphatic rings. The maximum Gasteiger partial charge on any atom is 0.247 e. The molecule has 136 valence electrons. The lowest BCUT2D eigenvalue weighted by Gasteiger charge is -2.14. The molecule has 2 heterocycles. The molecule has 4 rings (SSSR count). The van der Waals surface area contributed by atoms with Gasteiger partial charge in [0.25, 0.3) is 0 Å². The van der Waals surface area contributed by atoms with Gasteiger partial charge in [-0.2, -0.15) is 0 Å². The number of aromatic nitrogens is 3. The number of ether oxygens (including phenoxy) is 1. The Bertz CT molecular complexity index is 963. The number of benzene rings is 2. The van der Waals surface area contributed by atoms with Crippen molar-refractivity contribution >= 4 is 0 Å². The summed E-state index contributed by atoms with van der Waals surface area (Å²) in [5, 5.41) is 12.0. The molecule has 1 atom stereocenters.